The lowest BCUT2D eigenvalue weighted by Crippen LogP contribution is -2.41. The molecule has 0 N–H and O–H groups in total. The molecule has 172 valence electrons. The number of carbonyl (C=O) groups is 2. The van der Waals surface area contributed by atoms with Crippen LogP contribution in [0.3, 0.4) is 0 Å². The topological polar surface area (TPSA) is 75.3 Å². The molecule has 1 aliphatic heterocycles. The summed E-state index contributed by atoms with van der Waals surface area (Å²) in [6.07, 6.45) is 3.93. The minimum absolute atomic E-state index is 0.122. The first kappa shape index (κ1) is 22.2. The van der Waals surface area contributed by atoms with Gasteiger partial charge in [-0.2, -0.15) is 5.26 Å². The van der Waals surface area contributed by atoms with E-state index < -0.39 is 6.09 Å². The first-order chi connectivity index (χ1) is 17.1. The number of hydrogen-bond donors (Lipinski definition) is 0. The van der Waals surface area contributed by atoms with Gasteiger partial charge in [-0.1, -0.05) is 54.6 Å². The van der Waals surface area contributed by atoms with Crippen LogP contribution < -0.4 is 0 Å². The number of hydrogen-bond acceptors (Lipinski definition) is 4. The molecule has 1 saturated heterocycles. The molecular weight excluding hydrogens is 438 g/mol. The van der Waals surface area contributed by atoms with Crippen LogP contribution in [0.4, 0.5) is 4.79 Å². The molecule has 2 heterocycles. The minimum atomic E-state index is -0.575. The molecular formula is C29H23N3O3. The lowest BCUT2D eigenvalue weighted by Gasteiger charge is -2.19. The van der Waals surface area contributed by atoms with Gasteiger partial charge in [-0.3, -0.25) is 4.79 Å². The van der Waals surface area contributed by atoms with Crippen molar-refractivity contribution in [3.8, 4) is 22.9 Å². The van der Waals surface area contributed by atoms with Crippen molar-refractivity contribution in [2.45, 2.75) is 18.9 Å². The molecule has 6 heteroatoms. The highest BCUT2D eigenvalue weighted by atomic mass is 16.6. The largest absolute Gasteiger partial charge is 0.447 e. The van der Waals surface area contributed by atoms with Crippen LogP contribution in [0.5, 0.6) is 0 Å². The fourth-order valence-electron chi connectivity index (χ4n) is 4.33. The Morgan fingerprint density at radius 1 is 0.914 bits per heavy atom. The average molecular weight is 462 g/mol. The molecule has 5 rings (SSSR count). The molecule has 1 fully saturated rings. The van der Waals surface area contributed by atoms with Crippen molar-refractivity contribution in [2.75, 3.05) is 6.61 Å². The molecule has 0 spiro atoms. The average Bonchev–Trinajstić information content (AvgIpc) is 3.51. The van der Waals surface area contributed by atoms with E-state index in [4.69, 9.17) is 10.00 Å². The van der Waals surface area contributed by atoms with Crippen LogP contribution in [-0.4, -0.2) is 34.1 Å². The molecule has 0 aliphatic carbocycles. The lowest BCUT2D eigenvalue weighted by molar-refractivity contribution is -0.128. The normalized spacial score (nSPS) is 15.0. The zero-order valence-electron chi connectivity index (χ0n) is 19.0. The number of ether oxygens (including phenoxy) is 1. The predicted molar refractivity (Wildman–Crippen MR) is 132 cm³/mol. The molecule has 1 atom stereocenters. The van der Waals surface area contributed by atoms with E-state index in [2.05, 4.69) is 6.07 Å². The molecule has 1 aliphatic rings. The second-order valence-electron chi connectivity index (χ2n) is 8.52. The van der Waals surface area contributed by atoms with Crippen LogP contribution in [-0.2, 0) is 22.4 Å². The molecule has 4 aromatic rings. The third-order valence-corrected chi connectivity index (χ3v) is 6.17. The van der Waals surface area contributed by atoms with Gasteiger partial charge in [-0.15, -0.1) is 0 Å². The number of nitrogens with zero attached hydrogens (tertiary/aromatic N) is 3. The van der Waals surface area contributed by atoms with Crippen LogP contribution in [0, 0.1) is 11.3 Å². The molecule has 0 radical (unpaired) electrons. The van der Waals surface area contributed by atoms with Gasteiger partial charge in [0.05, 0.1) is 24.1 Å². The Morgan fingerprint density at radius 3 is 2.29 bits per heavy atom. The first-order valence-electron chi connectivity index (χ1n) is 11.4. The van der Waals surface area contributed by atoms with Gasteiger partial charge in [0.1, 0.15) is 6.61 Å². The maximum absolute atomic E-state index is 13.0. The van der Waals surface area contributed by atoms with Crippen molar-refractivity contribution in [1.29, 1.82) is 5.26 Å². The van der Waals surface area contributed by atoms with E-state index in [-0.39, 0.29) is 25.0 Å². The summed E-state index contributed by atoms with van der Waals surface area (Å²) in [4.78, 5) is 26.6. The molecule has 3 aromatic carbocycles. The third-order valence-electron chi connectivity index (χ3n) is 6.17. The molecule has 0 saturated carbocycles. The Bertz CT molecular complexity index is 1380. The number of cyclic esters (lactones) is 1. The fourth-order valence-corrected chi connectivity index (χ4v) is 4.33. The smallest absolute Gasteiger partial charge is 0.416 e. The Hall–Kier alpha value is -4.63. The lowest BCUT2D eigenvalue weighted by atomic mass is 10.0. The highest BCUT2D eigenvalue weighted by Gasteiger charge is 2.37. The summed E-state index contributed by atoms with van der Waals surface area (Å²) in [7, 11) is 0. The Labute approximate surface area is 203 Å². The van der Waals surface area contributed by atoms with Crippen molar-refractivity contribution in [3.05, 3.63) is 114 Å². The molecule has 1 aromatic heterocycles. The third kappa shape index (κ3) is 4.85. The van der Waals surface area contributed by atoms with Crippen LogP contribution in [0.1, 0.15) is 16.7 Å². The summed E-state index contributed by atoms with van der Waals surface area (Å²) in [5.41, 5.74) is 5.57. The fraction of sp³-hybridized carbons (Fsp3) is 0.138. The van der Waals surface area contributed by atoms with Crippen molar-refractivity contribution in [2.24, 2.45) is 0 Å². The van der Waals surface area contributed by atoms with E-state index in [1.807, 2.05) is 89.8 Å². The van der Waals surface area contributed by atoms with Crippen LogP contribution in [0.15, 0.2) is 97.3 Å². The number of nitriles is 1. The maximum Gasteiger partial charge on any atom is 0.416 e. The monoisotopic (exact) mass is 461 g/mol. The van der Waals surface area contributed by atoms with E-state index in [0.717, 1.165) is 27.9 Å². The number of carbonyl (C=O) groups excluding carboxylic acids is 2. The van der Waals surface area contributed by atoms with E-state index in [0.29, 0.717) is 12.0 Å². The van der Waals surface area contributed by atoms with E-state index in [1.165, 1.54) is 4.90 Å². The van der Waals surface area contributed by atoms with Gasteiger partial charge in [-0.05, 0) is 59.0 Å². The molecule has 0 bridgehead atoms. The van der Waals surface area contributed by atoms with E-state index >= 15 is 0 Å². The number of amides is 2. The number of aromatic nitrogens is 1. The molecule has 2 amide bonds. The van der Waals surface area contributed by atoms with E-state index in [9.17, 15) is 9.59 Å². The molecule has 6 nitrogen and oxygen atoms in total. The number of rotatable bonds is 6. The Kier molecular flexibility index (Phi) is 6.15. The summed E-state index contributed by atoms with van der Waals surface area (Å²) in [6.45, 7) is 0.214. The molecule has 35 heavy (non-hydrogen) atoms. The SMILES string of the molecule is N#Cc1ccc(-c2ccc(-n3ccc(CC(=O)N4C(=O)OCC4Cc4ccccc4)c3)cc2)cc1. The quantitative estimate of drug-likeness (QED) is 0.398. The van der Waals surface area contributed by atoms with Gasteiger partial charge in [-0.25, -0.2) is 9.69 Å². The van der Waals surface area contributed by atoms with Gasteiger partial charge in [0.15, 0.2) is 0 Å². The Morgan fingerprint density at radius 2 is 1.60 bits per heavy atom. The van der Waals surface area contributed by atoms with Crippen molar-refractivity contribution in [3.63, 3.8) is 0 Å². The Balaban J connectivity index is 1.26. The predicted octanol–water partition coefficient (Wildman–Crippen LogP) is 5.15. The van der Waals surface area contributed by atoms with Gasteiger partial charge in [0.2, 0.25) is 5.91 Å². The number of benzene rings is 3. The molecule has 1 unspecified atom stereocenters. The van der Waals surface area contributed by atoms with Crippen molar-refractivity contribution >= 4 is 12.0 Å². The van der Waals surface area contributed by atoms with Gasteiger partial charge in [0.25, 0.3) is 0 Å². The maximum atomic E-state index is 13.0. The van der Waals surface area contributed by atoms with E-state index in [1.54, 1.807) is 12.1 Å². The van der Waals surface area contributed by atoms with Crippen LogP contribution in [0.25, 0.3) is 16.8 Å². The summed E-state index contributed by atoms with van der Waals surface area (Å²) in [5.74, 6) is -0.262. The zero-order chi connectivity index (χ0) is 24.2. The second-order valence-corrected chi connectivity index (χ2v) is 8.52. The van der Waals surface area contributed by atoms with Gasteiger partial charge >= 0.3 is 6.09 Å². The second kappa shape index (κ2) is 9.70. The first-order valence-corrected chi connectivity index (χ1v) is 11.4. The van der Waals surface area contributed by atoms with Crippen LogP contribution in [0.2, 0.25) is 0 Å². The van der Waals surface area contributed by atoms with Gasteiger partial charge in [0, 0.05) is 18.1 Å². The summed E-state index contributed by atoms with van der Waals surface area (Å²) < 4.78 is 7.14. The highest BCUT2D eigenvalue weighted by Crippen LogP contribution is 2.23. The summed E-state index contributed by atoms with van der Waals surface area (Å²) in [6, 6.07) is 29.0. The summed E-state index contributed by atoms with van der Waals surface area (Å²) in [5, 5.41) is 8.97. The minimum Gasteiger partial charge on any atom is -0.447 e. The summed E-state index contributed by atoms with van der Waals surface area (Å²) >= 11 is 0. The van der Waals surface area contributed by atoms with Crippen molar-refractivity contribution < 1.29 is 14.3 Å². The zero-order valence-corrected chi connectivity index (χ0v) is 19.0. The highest BCUT2D eigenvalue weighted by molar-refractivity contribution is 5.94. The van der Waals surface area contributed by atoms with Gasteiger partial charge < -0.3 is 9.30 Å². The standard InChI is InChI=1S/C29H23N3O3/c30-18-22-6-8-24(9-7-22)25-10-12-26(13-11-25)31-15-14-23(19-31)17-28(33)32-27(20-35-29(32)34)16-21-4-2-1-3-5-21/h1-15,19,27H,16-17,20H2. The van der Waals surface area contributed by atoms with Crippen LogP contribution >= 0.6 is 0 Å². The van der Waals surface area contributed by atoms with Crippen molar-refractivity contribution in [1.82, 2.24) is 9.47 Å². The number of imide groups is 1.